The van der Waals surface area contributed by atoms with Gasteiger partial charge in [0.2, 0.25) is 0 Å². The van der Waals surface area contributed by atoms with E-state index in [-0.39, 0.29) is 95.4 Å². The zero-order valence-electron chi connectivity index (χ0n) is 27.2. The predicted molar refractivity (Wildman–Crippen MR) is 173 cm³/mol. The fraction of sp³-hybridized carbons (Fsp3) is 0. The molecule has 0 amide bonds. The van der Waals surface area contributed by atoms with Crippen molar-refractivity contribution >= 4 is 91.6 Å². The Morgan fingerprint density at radius 2 is 1.19 bits per heavy atom. The minimum atomic E-state index is -4.82. The standard InChI is InChI=1S/C31H18N5O7S2.3Li.O3S/c1-32-21-6-9-25-20(15-21)4-13-30(37)31(25)36-35-28-11-12-29(27-17-24(45(41,42)43)8-10-26(27)28)34-33-22-5-2-19-16-23(44(38,39)40)7-3-18(19)14-22;;;;1-4(2)3/h2-4,6-17,37H,(H,38,39,40)(H,41,42,43);;;;/q-1;3*+1;/p-2. The first-order chi connectivity index (χ1) is 23.1. The van der Waals surface area contributed by atoms with Crippen LogP contribution >= 0.6 is 0 Å². The van der Waals surface area contributed by atoms with E-state index in [0.717, 1.165) is 12.1 Å². The summed E-state index contributed by atoms with van der Waals surface area (Å²) in [5.74, 6) is -0.145. The van der Waals surface area contributed by atoms with E-state index in [9.17, 15) is 31.0 Å². The van der Waals surface area contributed by atoms with Crippen LogP contribution in [-0.2, 0) is 30.8 Å². The Kier molecular flexibility index (Phi) is 15.3. The summed E-state index contributed by atoms with van der Waals surface area (Å²) in [5.41, 5.74) is 1.29. The molecule has 0 aromatic heterocycles. The van der Waals surface area contributed by atoms with Gasteiger partial charge >= 0.3 is 67.2 Å². The molecule has 6 rings (SSSR count). The molecule has 52 heavy (non-hydrogen) atoms. The molecular formula is C31H16Li3N5O10S3. The van der Waals surface area contributed by atoms with E-state index < -0.39 is 35.7 Å². The largest absolute Gasteiger partial charge is 1.00 e. The second-order valence-corrected chi connectivity index (χ2v) is 13.1. The van der Waals surface area contributed by atoms with Gasteiger partial charge in [0.05, 0.1) is 22.8 Å². The van der Waals surface area contributed by atoms with Crippen molar-refractivity contribution in [2.75, 3.05) is 0 Å². The van der Waals surface area contributed by atoms with Gasteiger partial charge in [-0.3, -0.25) is 0 Å². The first kappa shape index (κ1) is 44.0. The van der Waals surface area contributed by atoms with E-state index in [0.29, 0.717) is 32.6 Å². The van der Waals surface area contributed by atoms with Crippen LogP contribution < -0.4 is 56.6 Å². The molecule has 0 aliphatic carbocycles. The maximum Gasteiger partial charge on any atom is 1.00 e. The van der Waals surface area contributed by atoms with Crippen LogP contribution in [0, 0.1) is 12.6 Å². The Morgan fingerprint density at radius 3 is 1.83 bits per heavy atom. The zero-order valence-corrected chi connectivity index (χ0v) is 29.7. The van der Waals surface area contributed by atoms with Crippen LogP contribution in [0.1, 0.15) is 0 Å². The third kappa shape index (κ3) is 10.5. The van der Waals surface area contributed by atoms with Crippen molar-refractivity contribution in [2.45, 2.75) is 9.79 Å². The number of nitrogens with zero attached hydrogens (tertiary/aromatic N) is 5. The van der Waals surface area contributed by atoms with Crippen LogP contribution in [0.25, 0.3) is 37.2 Å². The molecule has 21 heteroatoms. The first-order valence-corrected chi connectivity index (χ1v) is 17.1. The van der Waals surface area contributed by atoms with Crippen LogP contribution in [0.2, 0.25) is 0 Å². The summed E-state index contributed by atoms with van der Waals surface area (Å²) in [6, 6.07) is 24.4. The number of hydrogen-bond donors (Lipinski definition) is 1. The minimum Gasteiger partial charge on any atom is -0.744 e. The van der Waals surface area contributed by atoms with E-state index in [1.54, 1.807) is 36.4 Å². The summed E-state index contributed by atoms with van der Waals surface area (Å²) in [6.45, 7) is 7.22. The van der Waals surface area contributed by atoms with Crippen molar-refractivity contribution < 1.29 is 100 Å². The van der Waals surface area contributed by atoms with Gasteiger partial charge in [-0.25, -0.2) is 21.7 Å². The fourth-order valence-electron chi connectivity index (χ4n) is 4.66. The zero-order chi connectivity index (χ0) is 35.5. The quantitative estimate of drug-likeness (QED) is 0.0842. The third-order valence-corrected chi connectivity index (χ3v) is 8.51. The second-order valence-electron chi connectivity index (χ2n) is 9.88. The van der Waals surface area contributed by atoms with Gasteiger partial charge in [0, 0.05) is 21.1 Å². The normalized spacial score (nSPS) is 11.2. The van der Waals surface area contributed by atoms with Gasteiger partial charge in [0.1, 0.15) is 31.7 Å². The molecule has 15 nitrogen and oxygen atoms in total. The van der Waals surface area contributed by atoms with Crippen molar-refractivity contribution in [1.82, 2.24) is 0 Å². The Labute approximate surface area is 333 Å². The first-order valence-electron chi connectivity index (χ1n) is 13.3. The van der Waals surface area contributed by atoms with Crippen molar-refractivity contribution in [1.29, 1.82) is 0 Å². The Bertz CT molecular complexity index is 2770. The summed E-state index contributed by atoms with van der Waals surface area (Å²) in [5, 5.41) is 30.3. The monoisotopic (exact) mass is 735 g/mol. The summed E-state index contributed by atoms with van der Waals surface area (Å²) in [7, 11) is -12.6. The van der Waals surface area contributed by atoms with Gasteiger partial charge in [0.15, 0.2) is 5.69 Å². The molecule has 0 radical (unpaired) electrons. The Morgan fingerprint density at radius 1 is 0.635 bits per heavy atom. The average molecular weight is 736 g/mol. The number of fused-ring (bicyclic) bond motifs is 3. The molecule has 6 aromatic rings. The van der Waals surface area contributed by atoms with Crippen molar-refractivity contribution in [3.05, 3.63) is 108 Å². The molecule has 0 aliphatic heterocycles. The van der Waals surface area contributed by atoms with Crippen LogP contribution in [0.5, 0.6) is 5.75 Å². The van der Waals surface area contributed by atoms with Gasteiger partial charge in [0.25, 0.3) is 0 Å². The molecule has 0 atom stereocenters. The van der Waals surface area contributed by atoms with E-state index in [2.05, 4.69) is 31.4 Å². The number of phenols is 1. The molecule has 0 unspecified atom stereocenters. The second kappa shape index (κ2) is 18.0. The maximum atomic E-state index is 11.8. The van der Waals surface area contributed by atoms with Gasteiger partial charge in [-0.15, -0.1) is 39.7 Å². The van der Waals surface area contributed by atoms with E-state index in [1.807, 2.05) is 0 Å². The van der Waals surface area contributed by atoms with Gasteiger partial charge in [-0.2, -0.15) is 22.4 Å². The predicted octanol–water partition coefficient (Wildman–Crippen LogP) is -2.15. The molecule has 0 saturated carbocycles. The van der Waals surface area contributed by atoms with Crippen LogP contribution in [0.3, 0.4) is 0 Å². The van der Waals surface area contributed by atoms with Crippen LogP contribution in [0.15, 0.2) is 121 Å². The topological polar surface area (TPSA) is 240 Å². The smallest absolute Gasteiger partial charge is 0.744 e. The van der Waals surface area contributed by atoms with Gasteiger partial charge in [-0.1, -0.05) is 36.4 Å². The summed E-state index contributed by atoms with van der Waals surface area (Å²) in [4.78, 5) is 2.54. The van der Waals surface area contributed by atoms with Crippen molar-refractivity contribution in [3.63, 3.8) is 0 Å². The average Bonchev–Trinajstić information content (AvgIpc) is 3.05. The number of aromatic hydroxyl groups is 1. The number of azo groups is 2. The summed E-state index contributed by atoms with van der Waals surface area (Å²) in [6.07, 6.45) is 0. The number of rotatable bonds is 6. The molecule has 0 fully saturated rings. The van der Waals surface area contributed by atoms with Crippen LogP contribution in [0.4, 0.5) is 28.4 Å². The van der Waals surface area contributed by atoms with Gasteiger partial charge < -0.3 is 14.2 Å². The number of phenolic OH excluding ortho intramolecular Hbond substituents is 1. The van der Waals surface area contributed by atoms with E-state index in [4.69, 9.17) is 19.2 Å². The molecule has 1 N–H and O–H groups in total. The van der Waals surface area contributed by atoms with Crippen LogP contribution in [-0.4, -0.2) is 43.7 Å². The molecular weight excluding hydrogens is 719 g/mol. The molecule has 0 aliphatic rings. The number of hydrogen-bond acceptors (Lipinski definition) is 14. The van der Waals surface area contributed by atoms with E-state index in [1.165, 1.54) is 42.5 Å². The Hall–Kier alpha value is -4.18. The number of benzene rings is 6. The Balaban J connectivity index is 0.00000127. The molecule has 0 heterocycles. The van der Waals surface area contributed by atoms with E-state index >= 15 is 0 Å². The SMILES string of the molecule is O=S(=O)=O.[C-]#[N+]c1ccc2c(N=Nc3ccc(N=Nc4[c-]cc5cc(S(=O)(=O)[O-])ccc5c4)c4cc(S(=O)(=O)[O-])ccc34)c(O)ccc2c1.[Li+].[Li+].[Li+]. The summed E-state index contributed by atoms with van der Waals surface area (Å²) < 4.78 is 94.8. The third-order valence-electron chi connectivity index (χ3n) is 6.85. The maximum absolute atomic E-state index is 11.8. The molecule has 0 saturated heterocycles. The molecule has 0 bridgehead atoms. The molecule has 246 valence electrons. The molecule has 6 aromatic carbocycles. The van der Waals surface area contributed by atoms with Crippen molar-refractivity contribution in [2.24, 2.45) is 20.5 Å². The molecule has 0 spiro atoms. The minimum absolute atomic E-state index is 0. The fourth-order valence-corrected chi connectivity index (χ4v) is 5.67. The van der Waals surface area contributed by atoms with Gasteiger partial charge in [-0.05, 0) is 53.5 Å². The summed E-state index contributed by atoms with van der Waals surface area (Å²) >= 11 is 0. The van der Waals surface area contributed by atoms with Crippen molar-refractivity contribution in [3.8, 4) is 5.75 Å².